The molecule has 1 unspecified atom stereocenters. The van der Waals surface area contributed by atoms with E-state index in [1.807, 2.05) is 81.4 Å². The van der Waals surface area contributed by atoms with E-state index in [2.05, 4.69) is 0 Å². The van der Waals surface area contributed by atoms with Crippen molar-refractivity contribution < 1.29 is 9.13 Å². The molecule has 2 aromatic carbocycles. The molecule has 1 atom stereocenters. The lowest BCUT2D eigenvalue weighted by molar-refractivity contribution is 0.564. The molecule has 22 heavy (non-hydrogen) atoms. The van der Waals surface area contributed by atoms with E-state index in [1.165, 1.54) is 0 Å². The lowest BCUT2D eigenvalue weighted by Gasteiger charge is -2.18. The molecule has 0 saturated carbocycles. The van der Waals surface area contributed by atoms with Gasteiger partial charge in [0.25, 0.3) is 0 Å². The summed E-state index contributed by atoms with van der Waals surface area (Å²) in [4.78, 5) is 0. The minimum absolute atomic E-state index is 0.243. The van der Waals surface area contributed by atoms with Crippen LogP contribution in [-0.2, 0) is 9.13 Å². The molecule has 2 nitrogen and oxygen atoms in total. The molecule has 2 aromatic rings. The summed E-state index contributed by atoms with van der Waals surface area (Å²) < 4.78 is 26.1. The quantitative estimate of drug-likeness (QED) is 0.748. The smallest absolute Gasteiger partial charge is 0.313 e. The van der Waals surface area contributed by atoms with Crippen molar-refractivity contribution in [1.29, 1.82) is 0 Å². The van der Waals surface area contributed by atoms with Gasteiger partial charge in [-0.2, -0.15) is 0 Å². The Balaban J connectivity index is 2.36. The van der Waals surface area contributed by atoms with Gasteiger partial charge in [-0.15, -0.1) is 0 Å². The van der Waals surface area contributed by atoms with E-state index >= 15 is 0 Å². The van der Waals surface area contributed by atoms with Crippen molar-refractivity contribution in [2.24, 2.45) is 0 Å². The maximum absolute atomic E-state index is 13.7. The van der Waals surface area contributed by atoms with Crippen LogP contribution in [0, 0.1) is 0 Å². The van der Waals surface area contributed by atoms with Crippen LogP contribution in [0.2, 0.25) is 0 Å². The molecule has 4 heteroatoms. The second kappa shape index (κ2) is 6.90. The first kappa shape index (κ1) is 17.1. The van der Waals surface area contributed by atoms with Crippen molar-refractivity contribution in [1.82, 2.24) is 0 Å². The van der Waals surface area contributed by atoms with E-state index in [9.17, 15) is 9.13 Å². The number of benzene rings is 2. The van der Waals surface area contributed by atoms with Crippen LogP contribution < -0.4 is 10.6 Å². The van der Waals surface area contributed by atoms with E-state index in [0.717, 1.165) is 10.6 Å². The molecule has 0 aliphatic rings. The van der Waals surface area contributed by atoms with Crippen molar-refractivity contribution in [3.8, 4) is 0 Å². The Bertz CT molecular complexity index is 630. The van der Waals surface area contributed by atoms with Crippen LogP contribution in [0.3, 0.4) is 0 Å². The van der Waals surface area contributed by atoms with Crippen LogP contribution in [0.4, 0.5) is 0 Å². The Hall–Kier alpha value is -1.23. The minimum Gasteiger partial charge on any atom is -0.313 e. The van der Waals surface area contributed by atoms with Gasteiger partial charge in [0, 0.05) is 10.6 Å². The number of hydrogen-bond acceptors (Lipinski definition) is 2. The van der Waals surface area contributed by atoms with Gasteiger partial charge in [-0.05, 0) is 20.8 Å². The topological polar surface area (TPSA) is 34.1 Å². The molecule has 0 bridgehead atoms. The van der Waals surface area contributed by atoms with Crippen molar-refractivity contribution in [2.75, 3.05) is 12.3 Å². The highest BCUT2D eigenvalue weighted by Gasteiger charge is 2.37. The summed E-state index contributed by atoms with van der Waals surface area (Å²) >= 11 is 0. The molecule has 116 valence electrons. The lowest BCUT2D eigenvalue weighted by atomic mass is 10.3. The standard InChI is InChI=1S/C18H23O2P2/c1-18(2,3)21(19)14-15-22(20,16-10-6-4-7-11-16)17-12-8-5-9-13-17/h4-13H,14-15H2,1-3H3/q+1. The fourth-order valence-electron chi connectivity index (χ4n) is 2.31. The monoisotopic (exact) mass is 333 g/mol. The Morgan fingerprint density at radius 3 is 1.64 bits per heavy atom. The molecule has 0 spiro atoms. The van der Waals surface area contributed by atoms with Gasteiger partial charge in [0.15, 0.2) is 11.3 Å². The molecule has 0 aliphatic carbocycles. The highest BCUT2D eigenvalue weighted by atomic mass is 31.2. The molecule has 0 fully saturated rings. The third-order valence-corrected chi connectivity index (χ3v) is 9.31. The van der Waals surface area contributed by atoms with Gasteiger partial charge < -0.3 is 4.57 Å². The average Bonchev–Trinajstić information content (AvgIpc) is 2.53. The zero-order valence-electron chi connectivity index (χ0n) is 13.4. The maximum atomic E-state index is 13.7. The largest absolute Gasteiger partial charge is 0.344 e. The Morgan fingerprint density at radius 1 is 0.864 bits per heavy atom. The second-order valence-corrected chi connectivity index (χ2v) is 11.9. The van der Waals surface area contributed by atoms with Gasteiger partial charge in [0.1, 0.15) is 7.14 Å². The van der Waals surface area contributed by atoms with Crippen LogP contribution in [0.5, 0.6) is 0 Å². The Kier molecular flexibility index (Phi) is 5.37. The predicted molar refractivity (Wildman–Crippen MR) is 96.9 cm³/mol. The fraction of sp³-hybridized carbons (Fsp3) is 0.333. The summed E-state index contributed by atoms with van der Waals surface area (Å²) in [7, 11) is -4.12. The third-order valence-electron chi connectivity index (χ3n) is 3.71. The van der Waals surface area contributed by atoms with Gasteiger partial charge in [0.05, 0.1) is 6.16 Å². The Labute approximate surface area is 134 Å². The van der Waals surface area contributed by atoms with E-state index in [-0.39, 0.29) is 5.16 Å². The fourth-order valence-corrected chi connectivity index (χ4v) is 6.96. The van der Waals surface area contributed by atoms with Crippen LogP contribution >= 0.6 is 14.9 Å². The van der Waals surface area contributed by atoms with E-state index in [0.29, 0.717) is 12.3 Å². The Morgan fingerprint density at radius 2 is 1.27 bits per heavy atom. The average molecular weight is 333 g/mol. The zero-order valence-corrected chi connectivity index (χ0v) is 15.2. The first-order chi connectivity index (χ1) is 10.3. The molecular weight excluding hydrogens is 310 g/mol. The summed E-state index contributed by atoms with van der Waals surface area (Å²) in [6, 6.07) is 19.2. The molecule has 2 rings (SSSR count). The summed E-state index contributed by atoms with van der Waals surface area (Å²) in [5.74, 6) is 0. The zero-order chi connectivity index (χ0) is 16.2. The molecule has 0 aromatic heterocycles. The highest BCUT2D eigenvalue weighted by molar-refractivity contribution is 7.79. The molecule has 0 saturated heterocycles. The van der Waals surface area contributed by atoms with Gasteiger partial charge in [-0.1, -0.05) is 65.2 Å². The molecular formula is C18H23O2P2+. The first-order valence-corrected chi connectivity index (χ1v) is 10.8. The molecule has 0 aliphatic heterocycles. The van der Waals surface area contributed by atoms with Crippen LogP contribution in [0.15, 0.2) is 60.7 Å². The molecule has 0 amide bonds. The molecule has 0 N–H and O–H groups in total. The normalized spacial score (nSPS) is 13.0. The van der Waals surface area contributed by atoms with E-state index in [4.69, 9.17) is 0 Å². The summed E-state index contributed by atoms with van der Waals surface area (Å²) in [6.45, 7) is 5.92. The van der Waals surface area contributed by atoms with Crippen LogP contribution in [-0.4, -0.2) is 17.5 Å². The van der Waals surface area contributed by atoms with Crippen molar-refractivity contribution >= 4 is 25.6 Å². The number of hydrogen-bond donors (Lipinski definition) is 0. The molecule has 0 radical (unpaired) electrons. The molecule has 0 heterocycles. The third kappa shape index (κ3) is 3.94. The van der Waals surface area contributed by atoms with Gasteiger partial charge in [-0.3, -0.25) is 0 Å². The van der Waals surface area contributed by atoms with Crippen molar-refractivity contribution in [2.45, 2.75) is 25.9 Å². The SMILES string of the molecule is CC(C)(C)[P+](=O)CCP(=O)(c1ccccc1)c1ccccc1. The van der Waals surface area contributed by atoms with Gasteiger partial charge in [-0.25, -0.2) is 0 Å². The van der Waals surface area contributed by atoms with Crippen molar-refractivity contribution in [3.63, 3.8) is 0 Å². The van der Waals surface area contributed by atoms with Gasteiger partial charge >= 0.3 is 7.80 Å². The van der Waals surface area contributed by atoms with Crippen molar-refractivity contribution in [3.05, 3.63) is 60.7 Å². The van der Waals surface area contributed by atoms with E-state index in [1.54, 1.807) is 0 Å². The van der Waals surface area contributed by atoms with Crippen LogP contribution in [0.25, 0.3) is 0 Å². The summed E-state index contributed by atoms with van der Waals surface area (Å²) in [5.41, 5.74) is 0. The summed E-state index contributed by atoms with van der Waals surface area (Å²) in [6.07, 6.45) is 0.938. The van der Waals surface area contributed by atoms with Crippen LogP contribution in [0.1, 0.15) is 20.8 Å². The highest BCUT2D eigenvalue weighted by Crippen LogP contribution is 2.47. The van der Waals surface area contributed by atoms with E-state index < -0.39 is 14.9 Å². The lowest BCUT2D eigenvalue weighted by Crippen LogP contribution is -2.20. The minimum atomic E-state index is -2.73. The number of rotatable bonds is 5. The summed E-state index contributed by atoms with van der Waals surface area (Å²) in [5, 5.41) is 1.45. The maximum Gasteiger partial charge on any atom is 0.344 e. The first-order valence-electron chi connectivity index (χ1n) is 7.49. The van der Waals surface area contributed by atoms with Gasteiger partial charge in [0.2, 0.25) is 0 Å². The predicted octanol–water partition coefficient (Wildman–Crippen LogP) is 4.63. The second-order valence-electron chi connectivity index (χ2n) is 6.41.